The highest BCUT2D eigenvalue weighted by atomic mass is 16.5. The lowest BCUT2D eigenvalue weighted by Gasteiger charge is -2.20. The topological polar surface area (TPSA) is 81.1 Å². The number of nitrogens with zero attached hydrogens (tertiary/aromatic N) is 3. The Hall–Kier alpha value is -2.41. The molecule has 1 aliphatic carbocycles. The van der Waals surface area contributed by atoms with Crippen molar-refractivity contribution in [1.29, 1.82) is 0 Å². The Bertz CT molecular complexity index is 706. The lowest BCUT2D eigenvalue weighted by molar-refractivity contribution is 0.180. The van der Waals surface area contributed by atoms with E-state index in [9.17, 15) is 4.79 Å². The van der Waals surface area contributed by atoms with Crippen LogP contribution in [-0.4, -0.2) is 46.8 Å². The molecule has 0 spiro atoms. The number of benzene rings is 1. The van der Waals surface area contributed by atoms with Crippen molar-refractivity contribution in [1.82, 2.24) is 25.6 Å². The van der Waals surface area contributed by atoms with Gasteiger partial charge in [-0.1, -0.05) is 29.5 Å². The summed E-state index contributed by atoms with van der Waals surface area (Å²) in [4.78, 5) is 12.3. The van der Waals surface area contributed by atoms with Crippen LogP contribution in [0, 0.1) is 5.92 Å². The molecule has 0 unspecified atom stereocenters. The normalized spacial score (nSPS) is 23.2. The maximum absolute atomic E-state index is 12.3. The number of hydrogen-bond acceptors (Lipinski definition) is 4. The lowest BCUT2D eigenvalue weighted by atomic mass is 10.00. The van der Waals surface area contributed by atoms with Gasteiger partial charge in [0.25, 0.3) is 0 Å². The summed E-state index contributed by atoms with van der Waals surface area (Å²) in [6, 6.07) is 8.45. The molecule has 2 aromatic rings. The van der Waals surface area contributed by atoms with Gasteiger partial charge in [-0.3, -0.25) is 0 Å². The van der Waals surface area contributed by atoms with Crippen LogP contribution in [0.25, 0.3) is 0 Å². The Balaban J connectivity index is 1.25. The molecule has 1 aromatic heterocycles. The third kappa shape index (κ3) is 3.88. The van der Waals surface area contributed by atoms with Crippen LogP contribution in [0.4, 0.5) is 4.79 Å². The highest BCUT2D eigenvalue weighted by Crippen LogP contribution is 2.24. The van der Waals surface area contributed by atoms with Crippen LogP contribution in [0.3, 0.4) is 0 Å². The number of carbonyl (C=O) groups excluding carboxylic acids is 1. The van der Waals surface area contributed by atoms with Gasteiger partial charge in [-0.2, -0.15) is 0 Å². The Morgan fingerprint density at radius 2 is 1.96 bits per heavy atom. The van der Waals surface area contributed by atoms with Crippen LogP contribution in [0.5, 0.6) is 0 Å². The predicted octanol–water partition coefficient (Wildman–Crippen LogP) is 1.71. The lowest BCUT2D eigenvalue weighted by Crippen LogP contribution is -2.47. The summed E-state index contributed by atoms with van der Waals surface area (Å²) < 4.78 is 7.26. The van der Waals surface area contributed by atoms with Crippen LogP contribution < -0.4 is 10.6 Å². The highest BCUT2D eigenvalue weighted by molar-refractivity contribution is 5.74. The molecular formula is C19H25N5O2. The fourth-order valence-electron chi connectivity index (χ4n) is 3.91. The second-order valence-corrected chi connectivity index (χ2v) is 7.16. The SMILES string of the molecule is O=C(NCC1CCc2ccccc2CC1)N[C@H]1COC[C@H]1n1ccnn1. The maximum Gasteiger partial charge on any atom is 0.315 e. The van der Waals surface area contributed by atoms with Crippen molar-refractivity contribution in [3.05, 3.63) is 47.8 Å². The minimum Gasteiger partial charge on any atom is -0.377 e. The molecule has 7 nitrogen and oxygen atoms in total. The van der Waals surface area contributed by atoms with E-state index in [2.05, 4.69) is 45.2 Å². The molecule has 2 amide bonds. The molecular weight excluding hydrogens is 330 g/mol. The number of aromatic nitrogens is 3. The Kier molecular flexibility index (Phi) is 5.15. The Morgan fingerprint density at radius 1 is 1.19 bits per heavy atom. The number of fused-ring (bicyclic) bond motifs is 1. The van der Waals surface area contributed by atoms with Crippen molar-refractivity contribution in [2.24, 2.45) is 5.92 Å². The van der Waals surface area contributed by atoms with E-state index < -0.39 is 0 Å². The average molecular weight is 355 g/mol. The summed E-state index contributed by atoms with van der Waals surface area (Å²) in [5.74, 6) is 0.513. The molecule has 1 aliphatic heterocycles. The zero-order chi connectivity index (χ0) is 17.8. The van der Waals surface area contributed by atoms with E-state index in [1.807, 2.05) is 0 Å². The second kappa shape index (κ2) is 7.86. The van der Waals surface area contributed by atoms with Crippen LogP contribution >= 0.6 is 0 Å². The summed E-state index contributed by atoms with van der Waals surface area (Å²) in [5.41, 5.74) is 2.91. The molecule has 2 heterocycles. The van der Waals surface area contributed by atoms with Gasteiger partial charge < -0.3 is 15.4 Å². The fraction of sp³-hybridized carbons (Fsp3) is 0.526. The number of ether oxygens (including phenoxy) is 1. The fourth-order valence-corrected chi connectivity index (χ4v) is 3.91. The molecule has 1 saturated heterocycles. The third-order valence-corrected chi connectivity index (χ3v) is 5.46. The first-order valence-corrected chi connectivity index (χ1v) is 9.34. The summed E-state index contributed by atoms with van der Waals surface area (Å²) in [6.07, 6.45) is 7.86. The first-order chi connectivity index (χ1) is 12.8. The maximum atomic E-state index is 12.3. The number of carbonyl (C=O) groups is 1. The van der Waals surface area contributed by atoms with Gasteiger partial charge in [-0.05, 0) is 42.7 Å². The summed E-state index contributed by atoms with van der Waals surface area (Å²) in [5, 5.41) is 13.9. The molecule has 2 atom stereocenters. The summed E-state index contributed by atoms with van der Waals surface area (Å²) in [6.45, 7) is 1.74. The van der Waals surface area contributed by atoms with Gasteiger partial charge in [0.15, 0.2) is 0 Å². The van der Waals surface area contributed by atoms with Gasteiger partial charge in [0, 0.05) is 12.7 Å². The first-order valence-electron chi connectivity index (χ1n) is 9.34. The van der Waals surface area contributed by atoms with Gasteiger partial charge in [0.2, 0.25) is 0 Å². The quantitative estimate of drug-likeness (QED) is 0.818. The van der Waals surface area contributed by atoms with E-state index in [1.165, 1.54) is 11.1 Å². The first kappa shape index (κ1) is 17.0. The highest BCUT2D eigenvalue weighted by Gasteiger charge is 2.31. The van der Waals surface area contributed by atoms with Gasteiger partial charge in [0.05, 0.1) is 31.5 Å². The van der Waals surface area contributed by atoms with Crippen molar-refractivity contribution in [2.75, 3.05) is 19.8 Å². The largest absolute Gasteiger partial charge is 0.377 e. The van der Waals surface area contributed by atoms with Crippen molar-refractivity contribution >= 4 is 6.03 Å². The second-order valence-electron chi connectivity index (χ2n) is 7.16. The van der Waals surface area contributed by atoms with Crippen LogP contribution in [-0.2, 0) is 17.6 Å². The van der Waals surface area contributed by atoms with Gasteiger partial charge in [-0.15, -0.1) is 5.10 Å². The van der Waals surface area contributed by atoms with Gasteiger partial charge >= 0.3 is 6.03 Å². The standard InChI is InChI=1S/C19H25N5O2/c25-19(22-17-12-26-13-18(17)24-10-9-21-23-24)20-11-14-5-7-15-3-1-2-4-16(15)8-6-14/h1-4,9-10,14,17-18H,5-8,11-13H2,(H2,20,22,25)/t17-,18+/m0/s1. The monoisotopic (exact) mass is 355 g/mol. The van der Waals surface area contributed by atoms with Crippen molar-refractivity contribution < 1.29 is 9.53 Å². The molecule has 1 fully saturated rings. The van der Waals surface area contributed by atoms with E-state index in [0.717, 1.165) is 25.7 Å². The zero-order valence-corrected chi connectivity index (χ0v) is 14.8. The molecule has 2 N–H and O–H groups in total. The molecule has 2 aliphatic rings. The summed E-state index contributed by atoms with van der Waals surface area (Å²) in [7, 11) is 0. The smallest absolute Gasteiger partial charge is 0.315 e. The number of hydrogen-bond donors (Lipinski definition) is 2. The number of amides is 2. The van der Waals surface area contributed by atoms with Crippen molar-refractivity contribution in [3.63, 3.8) is 0 Å². The Morgan fingerprint density at radius 3 is 2.65 bits per heavy atom. The molecule has 0 bridgehead atoms. The van der Waals surface area contributed by atoms with Crippen LogP contribution in [0.1, 0.15) is 30.0 Å². The van der Waals surface area contributed by atoms with Gasteiger partial charge in [0.1, 0.15) is 0 Å². The van der Waals surface area contributed by atoms with E-state index in [1.54, 1.807) is 17.1 Å². The van der Waals surface area contributed by atoms with E-state index in [0.29, 0.717) is 25.7 Å². The molecule has 138 valence electrons. The number of nitrogens with one attached hydrogen (secondary N) is 2. The molecule has 1 aromatic carbocycles. The van der Waals surface area contributed by atoms with Crippen LogP contribution in [0.2, 0.25) is 0 Å². The minimum absolute atomic E-state index is 0.00405. The molecule has 0 radical (unpaired) electrons. The minimum atomic E-state index is -0.132. The van der Waals surface area contributed by atoms with Gasteiger partial charge in [-0.25, -0.2) is 9.48 Å². The third-order valence-electron chi connectivity index (χ3n) is 5.46. The molecule has 7 heteroatoms. The molecule has 0 saturated carbocycles. The number of urea groups is 1. The zero-order valence-electron chi connectivity index (χ0n) is 14.8. The van der Waals surface area contributed by atoms with E-state index in [-0.39, 0.29) is 18.1 Å². The van der Waals surface area contributed by atoms with E-state index in [4.69, 9.17) is 4.74 Å². The molecule has 4 rings (SSSR count). The van der Waals surface area contributed by atoms with Crippen LogP contribution in [0.15, 0.2) is 36.7 Å². The Labute approximate surface area is 153 Å². The van der Waals surface area contributed by atoms with Crippen molar-refractivity contribution in [2.45, 2.75) is 37.8 Å². The summed E-state index contributed by atoms with van der Waals surface area (Å²) >= 11 is 0. The predicted molar refractivity (Wildman–Crippen MR) is 96.8 cm³/mol. The van der Waals surface area contributed by atoms with E-state index >= 15 is 0 Å². The number of rotatable bonds is 4. The van der Waals surface area contributed by atoms with Crippen molar-refractivity contribution in [3.8, 4) is 0 Å². The molecule has 26 heavy (non-hydrogen) atoms. The number of aryl methyl sites for hydroxylation is 2. The average Bonchev–Trinajstić information content (AvgIpc) is 3.29.